The second-order valence-corrected chi connectivity index (χ2v) is 18.4. The second-order valence-electron chi connectivity index (χ2n) is 18.4. The van der Waals surface area contributed by atoms with E-state index in [1.165, 1.54) is 0 Å². The van der Waals surface area contributed by atoms with Crippen LogP contribution in [0, 0.1) is 5.41 Å². The average Bonchev–Trinajstić information content (AvgIpc) is 3.38. The Hall–Kier alpha value is -4.40. The topological polar surface area (TPSA) is 291 Å². The van der Waals surface area contributed by atoms with Crippen LogP contribution in [0.3, 0.4) is 0 Å². The minimum atomic E-state index is -1.50. The summed E-state index contributed by atoms with van der Waals surface area (Å²) in [5, 5.41) is 35.6. The molecule has 0 bridgehead atoms. The monoisotopic (exact) mass is 1050 g/mol. The van der Waals surface area contributed by atoms with Gasteiger partial charge in [0.25, 0.3) is 0 Å². The average molecular weight is 1050 g/mol. The first kappa shape index (κ1) is 68.6. The van der Waals surface area contributed by atoms with E-state index >= 15 is 0 Å². The summed E-state index contributed by atoms with van der Waals surface area (Å²) in [6.45, 7) is -0.676. The van der Waals surface area contributed by atoms with E-state index in [1.807, 2.05) is 0 Å². The van der Waals surface area contributed by atoms with Crippen molar-refractivity contribution in [1.82, 2.24) is 0 Å². The quantitative estimate of drug-likeness (QED) is 0.0278. The maximum absolute atomic E-state index is 13.1. The number of carbonyl (C=O) groups excluding carboxylic acids is 8. The van der Waals surface area contributed by atoms with E-state index in [2.05, 4.69) is 0 Å². The Bertz CT molecular complexity index is 1240. The van der Waals surface area contributed by atoms with Crippen LogP contribution in [0.2, 0.25) is 0 Å². The minimum absolute atomic E-state index is 0.00161. The van der Waals surface area contributed by atoms with Gasteiger partial charge < -0.3 is 58.3 Å². The third kappa shape index (κ3) is 45.9. The van der Waals surface area contributed by atoms with Gasteiger partial charge in [0.15, 0.2) is 0 Å². The van der Waals surface area contributed by atoms with Gasteiger partial charge in [0.1, 0.15) is 31.8 Å². The third-order valence-electron chi connectivity index (χ3n) is 11.5. The fourth-order valence-electron chi connectivity index (χ4n) is 6.93. The maximum Gasteiger partial charge on any atom is 0.305 e. The van der Waals surface area contributed by atoms with Gasteiger partial charge in [0, 0.05) is 77.8 Å². The van der Waals surface area contributed by atoms with Crippen LogP contribution in [0.15, 0.2) is 0 Å². The van der Waals surface area contributed by atoms with Gasteiger partial charge in [0.05, 0.1) is 26.4 Å². The lowest BCUT2D eigenvalue weighted by Crippen LogP contribution is -2.44. The summed E-state index contributed by atoms with van der Waals surface area (Å²) in [5.41, 5.74) is -1.50. The molecule has 4 N–H and O–H groups in total. The molecule has 0 aliphatic rings. The standard InChI is InChI=1S/C53H92O20/c54-33-17-1-9-25-45(58)66-37-21-5-13-29-49(62)70-41-53(42-71-50(63)30-14-6-22-38-67-46(59)26-10-2-18-34-55,43-72-51(64)31-15-7-23-39-68-47(60)27-11-3-19-35-56)44-73-52(65)32-16-8-24-40-69-48(61)28-12-4-20-36-57/h54-57H,1-44H2. The van der Waals surface area contributed by atoms with Crippen molar-refractivity contribution in [3.8, 4) is 0 Å². The summed E-state index contributed by atoms with van der Waals surface area (Å²) in [5.74, 6) is -3.69. The van der Waals surface area contributed by atoms with Crippen LogP contribution in [-0.4, -0.2) is 147 Å². The lowest BCUT2D eigenvalue weighted by molar-refractivity contribution is -0.171. The first-order valence-electron chi connectivity index (χ1n) is 27.1. The summed E-state index contributed by atoms with van der Waals surface area (Å²) in [4.78, 5) is 100. The molecule has 0 unspecified atom stereocenters. The van der Waals surface area contributed by atoms with E-state index in [0.29, 0.717) is 128 Å². The second kappa shape index (κ2) is 49.8. The third-order valence-corrected chi connectivity index (χ3v) is 11.5. The van der Waals surface area contributed by atoms with Crippen LogP contribution in [0.5, 0.6) is 0 Å². The first-order chi connectivity index (χ1) is 35.4. The van der Waals surface area contributed by atoms with Crippen molar-refractivity contribution in [3.05, 3.63) is 0 Å². The number of aliphatic hydroxyl groups excluding tert-OH is 4. The molecule has 0 aromatic rings. The molecule has 0 atom stereocenters. The van der Waals surface area contributed by atoms with Crippen molar-refractivity contribution >= 4 is 47.8 Å². The van der Waals surface area contributed by atoms with Crippen LogP contribution in [0.4, 0.5) is 0 Å². The molecule has 73 heavy (non-hydrogen) atoms. The Balaban J connectivity index is 5.65. The summed E-state index contributed by atoms with van der Waals surface area (Å²) < 4.78 is 43.7. The van der Waals surface area contributed by atoms with Crippen LogP contribution in [0.25, 0.3) is 0 Å². The highest BCUT2D eigenvalue weighted by atomic mass is 16.6. The Morgan fingerprint density at radius 1 is 0.219 bits per heavy atom. The Labute approximate surface area is 433 Å². The van der Waals surface area contributed by atoms with Crippen LogP contribution < -0.4 is 0 Å². The van der Waals surface area contributed by atoms with Crippen LogP contribution in [0.1, 0.15) is 205 Å². The molecule has 0 aliphatic carbocycles. The highest BCUT2D eigenvalue weighted by Gasteiger charge is 2.38. The van der Waals surface area contributed by atoms with Gasteiger partial charge in [-0.3, -0.25) is 38.4 Å². The fraction of sp³-hybridized carbons (Fsp3) is 0.849. The summed E-state index contributed by atoms with van der Waals surface area (Å²) in [7, 11) is 0. The van der Waals surface area contributed by atoms with Crippen molar-refractivity contribution < 1.29 is 96.7 Å². The molecule has 0 aromatic carbocycles. The van der Waals surface area contributed by atoms with Crippen molar-refractivity contribution in [1.29, 1.82) is 0 Å². The highest BCUT2D eigenvalue weighted by molar-refractivity contribution is 5.72. The van der Waals surface area contributed by atoms with Crippen LogP contribution in [-0.2, 0) is 76.3 Å². The van der Waals surface area contributed by atoms with Gasteiger partial charge in [-0.25, -0.2) is 0 Å². The SMILES string of the molecule is O=C(CCCCCO)OCCCCCC(=O)OCC(COC(=O)CCCCCOC(=O)CCCCCO)(COC(=O)CCCCCOC(=O)CCCCCO)COC(=O)CCCCCOC(=O)CCCCCO. The van der Waals surface area contributed by atoms with Gasteiger partial charge in [-0.2, -0.15) is 0 Å². The molecule has 0 aliphatic heterocycles. The molecule has 0 saturated carbocycles. The zero-order valence-electron chi connectivity index (χ0n) is 43.9. The lowest BCUT2D eigenvalue weighted by Gasteiger charge is -2.31. The predicted octanol–water partition coefficient (Wildman–Crippen LogP) is 6.77. The summed E-state index contributed by atoms with van der Waals surface area (Å²) in [6.07, 6.45) is 14.9. The zero-order valence-corrected chi connectivity index (χ0v) is 43.9. The number of esters is 8. The summed E-state index contributed by atoms with van der Waals surface area (Å²) in [6, 6.07) is 0. The fourth-order valence-corrected chi connectivity index (χ4v) is 6.93. The van der Waals surface area contributed by atoms with Gasteiger partial charge in [-0.05, 0) is 128 Å². The normalized spacial score (nSPS) is 11.1. The molecule has 0 spiro atoms. The van der Waals surface area contributed by atoms with E-state index in [9.17, 15) is 38.4 Å². The number of hydrogen-bond acceptors (Lipinski definition) is 20. The molecule has 20 heteroatoms. The molecule has 0 amide bonds. The molecular weight excluding hydrogens is 957 g/mol. The number of carbonyl (C=O) groups is 8. The molecule has 0 heterocycles. The molecule has 0 radical (unpaired) electrons. The van der Waals surface area contributed by atoms with Crippen molar-refractivity contribution in [2.24, 2.45) is 5.41 Å². The van der Waals surface area contributed by atoms with E-state index in [0.717, 1.165) is 25.7 Å². The van der Waals surface area contributed by atoms with E-state index in [1.54, 1.807) is 0 Å². The lowest BCUT2D eigenvalue weighted by atomic mass is 9.92. The Kier molecular flexibility index (Phi) is 46.8. The molecule has 20 nitrogen and oxygen atoms in total. The first-order valence-corrected chi connectivity index (χ1v) is 27.1. The molecular formula is C53H92O20. The van der Waals surface area contributed by atoms with Gasteiger partial charge in [0.2, 0.25) is 0 Å². The number of unbranched alkanes of at least 4 members (excludes halogenated alkanes) is 16. The highest BCUT2D eigenvalue weighted by Crippen LogP contribution is 2.24. The molecule has 0 fully saturated rings. The van der Waals surface area contributed by atoms with Gasteiger partial charge in [-0.1, -0.05) is 25.7 Å². The van der Waals surface area contributed by atoms with Crippen molar-refractivity contribution in [2.75, 3.05) is 79.3 Å². The maximum atomic E-state index is 13.1. The van der Waals surface area contributed by atoms with E-state index in [-0.39, 0.29) is 128 Å². The minimum Gasteiger partial charge on any atom is -0.466 e. The van der Waals surface area contributed by atoms with Crippen molar-refractivity contribution in [3.63, 3.8) is 0 Å². The molecule has 0 rings (SSSR count). The summed E-state index contributed by atoms with van der Waals surface area (Å²) >= 11 is 0. The largest absolute Gasteiger partial charge is 0.466 e. The Morgan fingerprint density at radius 2 is 0.384 bits per heavy atom. The van der Waals surface area contributed by atoms with E-state index < -0.39 is 55.7 Å². The predicted molar refractivity (Wildman–Crippen MR) is 266 cm³/mol. The van der Waals surface area contributed by atoms with E-state index in [4.69, 9.17) is 58.3 Å². The molecule has 0 aromatic heterocycles. The number of hydrogen-bond donors (Lipinski definition) is 4. The Morgan fingerprint density at radius 3 is 0.562 bits per heavy atom. The smallest absolute Gasteiger partial charge is 0.305 e. The van der Waals surface area contributed by atoms with Crippen molar-refractivity contribution in [2.45, 2.75) is 205 Å². The number of rotatable bonds is 52. The molecule has 0 saturated heterocycles. The number of aliphatic hydroxyl groups is 4. The van der Waals surface area contributed by atoms with Gasteiger partial charge >= 0.3 is 47.8 Å². The zero-order chi connectivity index (χ0) is 53.9. The van der Waals surface area contributed by atoms with Crippen LogP contribution >= 0.6 is 0 Å². The molecule has 424 valence electrons. The van der Waals surface area contributed by atoms with Gasteiger partial charge in [-0.15, -0.1) is 0 Å². The number of ether oxygens (including phenoxy) is 8.